The van der Waals surface area contributed by atoms with Gasteiger partial charge in [-0.25, -0.2) is 0 Å². The molecule has 1 amide bonds. The molecule has 1 atom stereocenters. The lowest BCUT2D eigenvalue weighted by atomic mass is 10.2. The Morgan fingerprint density at radius 1 is 1.43 bits per heavy atom. The van der Waals surface area contributed by atoms with Gasteiger partial charge in [0.2, 0.25) is 5.91 Å². The van der Waals surface area contributed by atoms with E-state index in [1.54, 1.807) is 7.11 Å². The summed E-state index contributed by atoms with van der Waals surface area (Å²) in [7, 11) is 3.41. The molecule has 0 aliphatic carbocycles. The molecule has 6 heteroatoms. The number of carbonyl (C=O) groups excluding carboxylic acids is 1. The van der Waals surface area contributed by atoms with Gasteiger partial charge in [-0.2, -0.15) is 0 Å². The van der Waals surface area contributed by atoms with Crippen molar-refractivity contribution in [3.63, 3.8) is 0 Å². The van der Waals surface area contributed by atoms with Crippen LogP contribution >= 0.6 is 0 Å². The third-order valence-corrected chi connectivity index (χ3v) is 3.08. The highest BCUT2D eigenvalue weighted by molar-refractivity contribution is 5.90. The van der Waals surface area contributed by atoms with Crippen LogP contribution in [0.5, 0.6) is 0 Å². The van der Waals surface area contributed by atoms with Gasteiger partial charge in [-0.15, -0.1) is 0 Å². The first-order valence-electron chi connectivity index (χ1n) is 6.99. The van der Waals surface area contributed by atoms with Gasteiger partial charge in [0, 0.05) is 38.9 Å². The number of aliphatic hydroxyl groups excluding tert-OH is 1. The molecular formula is C15H25N3O3. The van der Waals surface area contributed by atoms with E-state index in [1.165, 1.54) is 0 Å². The second kappa shape index (κ2) is 9.46. The SMILES string of the molecule is COCC(O)CN(C)CCC(=O)Nc1ccc(CN)cc1. The number of methoxy groups -OCH3 is 1. The minimum absolute atomic E-state index is 0.0522. The van der Waals surface area contributed by atoms with Crippen molar-refractivity contribution < 1.29 is 14.6 Å². The van der Waals surface area contributed by atoms with E-state index in [9.17, 15) is 9.90 Å². The topological polar surface area (TPSA) is 87.8 Å². The maximum Gasteiger partial charge on any atom is 0.225 e. The van der Waals surface area contributed by atoms with Crippen LogP contribution in [0.2, 0.25) is 0 Å². The van der Waals surface area contributed by atoms with Crippen LogP contribution in [-0.4, -0.2) is 55.9 Å². The number of benzene rings is 1. The van der Waals surface area contributed by atoms with Crippen LogP contribution in [0.3, 0.4) is 0 Å². The van der Waals surface area contributed by atoms with Gasteiger partial charge in [0.05, 0.1) is 12.7 Å². The molecular weight excluding hydrogens is 270 g/mol. The Labute approximate surface area is 125 Å². The maximum atomic E-state index is 11.8. The Balaban J connectivity index is 2.29. The van der Waals surface area contributed by atoms with E-state index in [2.05, 4.69) is 5.32 Å². The Kier molecular flexibility index (Phi) is 7.92. The number of ether oxygens (including phenoxy) is 1. The van der Waals surface area contributed by atoms with Gasteiger partial charge in [0.25, 0.3) is 0 Å². The molecule has 0 heterocycles. The van der Waals surface area contributed by atoms with E-state index in [1.807, 2.05) is 36.2 Å². The Morgan fingerprint density at radius 3 is 2.67 bits per heavy atom. The predicted molar refractivity (Wildman–Crippen MR) is 83.0 cm³/mol. The lowest BCUT2D eigenvalue weighted by Crippen LogP contribution is -2.33. The molecule has 0 aliphatic heterocycles. The highest BCUT2D eigenvalue weighted by Crippen LogP contribution is 2.09. The zero-order valence-electron chi connectivity index (χ0n) is 12.7. The van der Waals surface area contributed by atoms with Crippen LogP contribution < -0.4 is 11.1 Å². The Morgan fingerprint density at radius 2 is 2.10 bits per heavy atom. The molecule has 1 unspecified atom stereocenters. The minimum Gasteiger partial charge on any atom is -0.389 e. The average Bonchev–Trinajstić information content (AvgIpc) is 2.46. The summed E-state index contributed by atoms with van der Waals surface area (Å²) in [5.74, 6) is -0.0522. The van der Waals surface area contributed by atoms with Crippen LogP contribution in [0.1, 0.15) is 12.0 Å². The molecule has 0 saturated heterocycles. The number of nitrogens with zero attached hydrogens (tertiary/aromatic N) is 1. The fourth-order valence-corrected chi connectivity index (χ4v) is 1.94. The van der Waals surface area contributed by atoms with E-state index in [0.717, 1.165) is 11.3 Å². The number of amides is 1. The number of aliphatic hydroxyl groups is 1. The molecule has 21 heavy (non-hydrogen) atoms. The predicted octanol–water partition coefficient (Wildman–Crippen LogP) is 0.413. The minimum atomic E-state index is -0.535. The molecule has 0 radical (unpaired) electrons. The van der Waals surface area contributed by atoms with Gasteiger partial charge < -0.3 is 25.8 Å². The molecule has 0 aliphatic rings. The summed E-state index contributed by atoms with van der Waals surface area (Å²) in [6.07, 6.45) is -0.165. The summed E-state index contributed by atoms with van der Waals surface area (Å²) >= 11 is 0. The van der Waals surface area contributed by atoms with Gasteiger partial charge in [-0.05, 0) is 24.7 Å². The number of carbonyl (C=O) groups is 1. The van der Waals surface area contributed by atoms with Crippen molar-refractivity contribution in [3.05, 3.63) is 29.8 Å². The van der Waals surface area contributed by atoms with E-state index in [0.29, 0.717) is 32.7 Å². The summed E-state index contributed by atoms with van der Waals surface area (Å²) < 4.78 is 4.86. The highest BCUT2D eigenvalue weighted by Gasteiger charge is 2.09. The van der Waals surface area contributed by atoms with Crippen molar-refractivity contribution in [1.29, 1.82) is 0 Å². The lowest BCUT2D eigenvalue weighted by molar-refractivity contribution is -0.116. The Hall–Kier alpha value is -1.47. The van der Waals surface area contributed by atoms with Crippen molar-refractivity contribution in [2.24, 2.45) is 5.73 Å². The van der Waals surface area contributed by atoms with Crippen LogP contribution in [0.15, 0.2) is 24.3 Å². The normalized spacial score (nSPS) is 12.4. The summed E-state index contributed by atoms with van der Waals surface area (Å²) in [6, 6.07) is 7.46. The molecule has 4 N–H and O–H groups in total. The first-order valence-corrected chi connectivity index (χ1v) is 6.99. The number of anilines is 1. The molecule has 1 rings (SSSR count). The van der Waals surface area contributed by atoms with Crippen molar-refractivity contribution in [2.45, 2.75) is 19.1 Å². The highest BCUT2D eigenvalue weighted by atomic mass is 16.5. The molecule has 1 aromatic rings. The molecule has 0 spiro atoms. The number of likely N-dealkylation sites (N-methyl/N-ethyl adjacent to an activating group) is 1. The standard InChI is InChI=1S/C15H25N3O3/c1-18(10-14(19)11-21-2)8-7-15(20)17-13-5-3-12(9-16)4-6-13/h3-6,14,19H,7-11,16H2,1-2H3,(H,17,20). The Bertz CT molecular complexity index is 423. The quantitative estimate of drug-likeness (QED) is 0.614. The first kappa shape index (κ1) is 17.6. The molecule has 118 valence electrons. The third-order valence-electron chi connectivity index (χ3n) is 3.08. The molecule has 0 saturated carbocycles. The second-order valence-electron chi connectivity index (χ2n) is 5.07. The summed E-state index contributed by atoms with van der Waals surface area (Å²) in [5, 5.41) is 12.4. The van der Waals surface area contributed by atoms with Crippen LogP contribution in [-0.2, 0) is 16.1 Å². The molecule has 1 aromatic carbocycles. The number of nitrogens with one attached hydrogen (secondary N) is 1. The molecule has 6 nitrogen and oxygen atoms in total. The van der Waals surface area contributed by atoms with Crippen molar-refractivity contribution >= 4 is 11.6 Å². The smallest absolute Gasteiger partial charge is 0.225 e. The van der Waals surface area contributed by atoms with Gasteiger partial charge >= 0.3 is 0 Å². The van der Waals surface area contributed by atoms with E-state index in [-0.39, 0.29) is 5.91 Å². The second-order valence-corrected chi connectivity index (χ2v) is 5.07. The molecule has 0 fully saturated rings. The first-order chi connectivity index (χ1) is 10.0. The molecule has 0 bridgehead atoms. The van der Waals surface area contributed by atoms with E-state index in [4.69, 9.17) is 10.5 Å². The number of hydrogen-bond acceptors (Lipinski definition) is 5. The average molecular weight is 295 g/mol. The van der Waals surface area contributed by atoms with Crippen LogP contribution in [0, 0.1) is 0 Å². The summed E-state index contributed by atoms with van der Waals surface area (Å²) in [5.41, 5.74) is 7.31. The fraction of sp³-hybridized carbons (Fsp3) is 0.533. The van der Waals surface area contributed by atoms with Gasteiger partial charge in [0.1, 0.15) is 0 Å². The number of nitrogens with two attached hydrogens (primary N) is 1. The van der Waals surface area contributed by atoms with E-state index < -0.39 is 6.10 Å². The zero-order chi connectivity index (χ0) is 15.7. The summed E-state index contributed by atoms with van der Waals surface area (Å²) in [6.45, 7) is 1.84. The lowest BCUT2D eigenvalue weighted by Gasteiger charge is -2.19. The van der Waals surface area contributed by atoms with Crippen molar-refractivity contribution in [3.8, 4) is 0 Å². The fourth-order valence-electron chi connectivity index (χ4n) is 1.94. The van der Waals surface area contributed by atoms with Gasteiger partial charge in [0.15, 0.2) is 0 Å². The van der Waals surface area contributed by atoms with Crippen molar-refractivity contribution in [2.75, 3.05) is 39.2 Å². The van der Waals surface area contributed by atoms with Crippen LogP contribution in [0.4, 0.5) is 5.69 Å². The molecule has 0 aromatic heterocycles. The van der Waals surface area contributed by atoms with Crippen LogP contribution in [0.25, 0.3) is 0 Å². The largest absolute Gasteiger partial charge is 0.389 e. The van der Waals surface area contributed by atoms with Gasteiger partial charge in [-0.3, -0.25) is 4.79 Å². The number of hydrogen-bond donors (Lipinski definition) is 3. The number of rotatable bonds is 9. The van der Waals surface area contributed by atoms with Crippen molar-refractivity contribution in [1.82, 2.24) is 4.90 Å². The summed E-state index contributed by atoms with van der Waals surface area (Å²) in [4.78, 5) is 13.7. The van der Waals surface area contributed by atoms with E-state index >= 15 is 0 Å². The maximum absolute atomic E-state index is 11.8. The third kappa shape index (κ3) is 7.19. The monoisotopic (exact) mass is 295 g/mol. The van der Waals surface area contributed by atoms with Gasteiger partial charge in [-0.1, -0.05) is 12.1 Å². The zero-order valence-corrected chi connectivity index (χ0v) is 12.7.